The van der Waals surface area contributed by atoms with Crippen LogP contribution in [0.2, 0.25) is 0 Å². The standard InChI is InChI=1S/2C4H10O.2HI.Ti/c2*1-2-3-4-5;;;/h2*5H,2-4H2,1H3;2*1H;. The van der Waals surface area contributed by atoms with Gasteiger partial charge in [-0.25, -0.2) is 0 Å². The van der Waals surface area contributed by atoms with Crippen LogP contribution in [0.4, 0.5) is 0 Å². The molecule has 2 N–H and O–H groups in total. The molecule has 0 spiro atoms. The van der Waals surface area contributed by atoms with E-state index in [1.165, 1.54) is 0 Å². The van der Waals surface area contributed by atoms with Crippen molar-refractivity contribution in [2.24, 2.45) is 0 Å². The van der Waals surface area contributed by atoms with Crippen LogP contribution in [-0.4, -0.2) is 23.4 Å². The Morgan fingerprint density at radius 3 is 1.00 bits per heavy atom. The molecule has 0 aliphatic heterocycles. The van der Waals surface area contributed by atoms with Gasteiger partial charge in [-0.05, 0) is 12.8 Å². The summed E-state index contributed by atoms with van der Waals surface area (Å²) in [6, 6.07) is 0. The van der Waals surface area contributed by atoms with Crippen molar-refractivity contribution in [1.82, 2.24) is 0 Å². The molecule has 0 saturated heterocycles. The number of aliphatic hydroxyl groups is 2. The van der Waals surface area contributed by atoms with E-state index in [1.54, 1.807) is 0 Å². The van der Waals surface area contributed by atoms with E-state index in [1.807, 2.05) is 0 Å². The van der Waals surface area contributed by atoms with Crippen LogP contribution in [0.25, 0.3) is 0 Å². The monoisotopic (exact) mass is 452 g/mol. The Balaban J connectivity index is -0.0000000267. The minimum absolute atomic E-state index is 0. The Kier molecular flexibility index (Phi) is 83.5. The maximum atomic E-state index is 8.07. The molecule has 0 bridgehead atoms. The Hall–Kier alpha value is 2.09. The predicted molar refractivity (Wildman–Crippen MR) is 74.8 cm³/mol. The fourth-order valence-electron chi connectivity index (χ4n) is 0.316. The van der Waals surface area contributed by atoms with Gasteiger partial charge >= 0.3 is 0 Å². The summed E-state index contributed by atoms with van der Waals surface area (Å²) in [6.45, 7) is 4.79. The minimum Gasteiger partial charge on any atom is -0.396 e. The van der Waals surface area contributed by atoms with Gasteiger partial charge in [0.2, 0.25) is 0 Å². The van der Waals surface area contributed by atoms with Crippen molar-refractivity contribution in [3.8, 4) is 0 Å². The molecule has 5 heteroatoms. The summed E-state index contributed by atoms with van der Waals surface area (Å²) in [7, 11) is 0. The fraction of sp³-hybridized carbons (Fsp3) is 1.00. The zero-order valence-corrected chi connectivity index (χ0v) is 14.7. The van der Waals surface area contributed by atoms with Crippen molar-refractivity contribution in [2.45, 2.75) is 39.5 Å². The minimum atomic E-state index is 0. The zero-order chi connectivity index (χ0) is 8.24. The summed E-state index contributed by atoms with van der Waals surface area (Å²) in [5.74, 6) is 0. The molecule has 0 unspecified atom stereocenters. The van der Waals surface area contributed by atoms with Gasteiger partial charge in [0.25, 0.3) is 0 Å². The molecule has 0 aromatic carbocycles. The zero-order valence-electron chi connectivity index (χ0n) is 8.45. The Bertz CT molecular complexity index is 41.1. The predicted octanol–water partition coefficient (Wildman–Crippen LogP) is 2.79. The van der Waals surface area contributed by atoms with E-state index in [-0.39, 0.29) is 69.7 Å². The molecule has 0 heterocycles. The van der Waals surface area contributed by atoms with Crippen molar-refractivity contribution < 1.29 is 31.9 Å². The number of halogens is 2. The first-order chi connectivity index (χ1) is 4.83. The normalized spacial score (nSPS) is 6.46. The molecule has 13 heavy (non-hydrogen) atoms. The molecule has 84 valence electrons. The van der Waals surface area contributed by atoms with Crippen molar-refractivity contribution in [3.63, 3.8) is 0 Å². The van der Waals surface area contributed by atoms with Crippen LogP contribution in [0.5, 0.6) is 0 Å². The van der Waals surface area contributed by atoms with Crippen LogP contribution in [0.1, 0.15) is 39.5 Å². The quantitative estimate of drug-likeness (QED) is 0.510. The van der Waals surface area contributed by atoms with Crippen molar-refractivity contribution in [1.29, 1.82) is 0 Å². The number of hydrogen-bond acceptors (Lipinski definition) is 2. The Labute approximate surface area is 131 Å². The number of hydrogen-bond donors (Lipinski definition) is 2. The van der Waals surface area contributed by atoms with E-state index in [0.717, 1.165) is 25.7 Å². The second-order valence-corrected chi connectivity index (χ2v) is 2.15. The van der Waals surface area contributed by atoms with E-state index in [9.17, 15) is 0 Å². The van der Waals surface area contributed by atoms with Gasteiger partial charge in [0.1, 0.15) is 0 Å². The molecule has 0 amide bonds. The number of aliphatic hydroxyl groups excluding tert-OH is 2. The molecule has 2 nitrogen and oxygen atoms in total. The third kappa shape index (κ3) is 55.5. The molecular formula is C8H22I2O2Ti. The topological polar surface area (TPSA) is 40.5 Å². The molecule has 0 aliphatic rings. The van der Waals surface area contributed by atoms with Gasteiger partial charge in [0.05, 0.1) is 0 Å². The summed E-state index contributed by atoms with van der Waals surface area (Å²) in [5.41, 5.74) is 0. The van der Waals surface area contributed by atoms with Gasteiger partial charge in [-0.3, -0.25) is 0 Å². The van der Waals surface area contributed by atoms with E-state index >= 15 is 0 Å². The first kappa shape index (κ1) is 29.4. The molecule has 0 saturated carbocycles. The molecule has 0 aliphatic carbocycles. The number of rotatable bonds is 4. The third-order valence-corrected chi connectivity index (χ3v) is 1.02. The maximum absolute atomic E-state index is 8.07. The van der Waals surface area contributed by atoms with E-state index in [4.69, 9.17) is 10.2 Å². The molecular weight excluding hydrogens is 430 g/mol. The van der Waals surface area contributed by atoms with Crippen LogP contribution in [0.3, 0.4) is 0 Å². The van der Waals surface area contributed by atoms with E-state index in [2.05, 4.69) is 13.8 Å². The first-order valence-corrected chi connectivity index (χ1v) is 4.05. The second-order valence-electron chi connectivity index (χ2n) is 2.15. The van der Waals surface area contributed by atoms with Crippen molar-refractivity contribution >= 4 is 48.0 Å². The summed E-state index contributed by atoms with van der Waals surface area (Å²) in [5, 5.41) is 16.1. The summed E-state index contributed by atoms with van der Waals surface area (Å²) >= 11 is 0. The van der Waals surface area contributed by atoms with Crippen LogP contribution in [0, 0.1) is 0 Å². The van der Waals surface area contributed by atoms with Gasteiger partial charge in [-0.2, -0.15) is 0 Å². The second kappa shape index (κ2) is 36.9. The third-order valence-electron chi connectivity index (χ3n) is 1.02. The van der Waals surface area contributed by atoms with Crippen molar-refractivity contribution in [2.75, 3.05) is 13.2 Å². The van der Waals surface area contributed by atoms with Gasteiger partial charge < -0.3 is 10.2 Å². The van der Waals surface area contributed by atoms with Gasteiger partial charge in [-0.1, -0.05) is 26.7 Å². The average Bonchev–Trinajstić information content (AvgIpc) is 1.93. The first-order valence-electron chi connectivity index (χ1n) is 4.05. The fourth-order valence-corrected chi connectivity index (χ4v) is 0.316. The molecule has 0 rings (SSSR count). The largest absolute Gasteiger partial charge is 0.396 e. The van der Waals surface area contributed by atoms with Crippen LogP contribution >= 0.6 is 48.0 Å². The van der Waals surface area contributed by atoms with Crippen LogP contribution < -0.4 is 0 Å². The smallest absolute Gasteiger partial charge is 0.0430 e. The molecule has 0 atom stereocenters. The number of unbranched alkanes of at least 4 members (excludes halogenated alkanes) is 2. The average molecular weight is 452 g/mol. The Morgan fingerprint density at radius 2 is 1.00 bits per heavy atom. The van der Waals surface area contributed by atoms with Gasteiger partial charge in [-0.15, -0.1) is 48.0 Å². The summed E-state index contributed by atoms with van der Waals surface area (Å²) in [6.07, 6.45) is 4.08. The van der Waals surface area contributed by atoms with Crippen molar-refractivity contribution in [3.05, 3.63) is 0 Å². The molecule has 0 radical (unpaired) electrons. The molecule has 0 fully saturated rings. The van der Waals surface area contributed by atoms with Crippen LogP contribution in [0.15, 0.2) is 0 Å². The molecule has 0 aromatic heterocycles. The maximum Gasteiger partial charge on any atom is 0.0430 e. The van der Waals surface area contributed by atoms with Gasteiger partial charge in [0.15, 0.2) is 0 Å². The van der Waals surface area contributed by atoms with Crippen LogP contribution in [-0.2, 0) is 21.7 Å². The SMILES string of the molecule is CCCCO.CCCCO.I.I.[Ti]. The summed E-state index contributed by atoms with van der Waals surface area (Å²) in [4.78, 5) is 0. The summed E-state index contributed by atoms with van der Waals surface area (Å²) < 4.78 is 0. The molecule has 0 aromatic rings. The van der Waals surface area contributed by atoms with Gasteiger partial charge in [0, 0.05) is 34.9 Å². The Morgan fingerprint density at radius 1 is 0.769 bits per heavy atom. The van der Waals surface area contributed by atoms with E-state index in [0.29, 0.717) is 13.2 Å². The van der Waals surface area contributed by atoms with E-state index < -0.39 is 0 Å².